The Morgan fingerprint density at radius 3 is 2.60 bits per heavy atom. The molecule has 2 N–H and O–H groups in total. The van der Waals surface area contributed by atoms with Gasteiger partial charge in [-0.1, -0.05) is 24.3 Å². The molecule has 0 radical (unpaired) electrons. The molecule has 1 atom stereocenters. The lowest BCUT2D eigenvalue weighted by Gasteiger charge is -2.10. The SMILES string of the molecule is Cc1cccc(Oc2cccc(C(C)N)c2)c1[N+](=O)[O-]. The van der Waals surface area contributed by atoms with Gasteiger partial charge in [-0.25, -0.2) is 0 Å². The number of nitrogens with two attached hydrogens (primary N) is 1. The van der Waals surface area contributed by atoms with Crippen molar-refractivity contribution in [1.29, 1.82) is 0 Å². The first kappa shape index (κ1) is 14.0. The summed E-state index contributed by atoms with van der Waals surface area (Å²) in [6.07, 6.45) is 0. The van der Waals surface area contributed by atoms with E-state index >= 15 is 0 Å². The number of benzene rings is 2. The number of para-hydroxylation sites is 1. The number of nitro groups is 1. The van der Waals surface area contributed by atoms with Crippen molar-refractivity contribution < 1.29 is 9.66 Å². The van der Waals surface area contributed by atoms with Crippen molar-refractivity contribution in [2.75, 3.05) is 0 Å². The Labute approximate surface area is 117 Å². The molecular formula is C15H16N2O3. The van der Waals surface area contributed by atoms with Crippen molar-refractivity contribution in [2.24, 2.45) is 5.73 Å². The van der Waals surface area contributed by atoms with Gasteiger partial charge < -0.3 is 10.5 Å². The Morgan fingerprint density at radius 1 is 1.25 bits per heavy atom. The normalized spacial score (nSPS) is 11.9. The van der Waals surface area contributed by atoms with Gasteiger partial charge in [-0.15, -0.1) is 0 Å². The summed E-state index contributed by atoms with van der Waals surface area (Å²) in [7, 11) is 0. The highest BCUT2D eigenvalue weighted by atomic mass is 16.6. The molecule has 0 fully saturated rings. The van der Waals surface area contributed by atoms with E-state index in [0.717, 1.165) is 5.56 Å². The smallest absolute Gasteiger partial charge is 0.314 e. The molecule has 0 saturated carbocycles. The maximum Gasteiger partial charge on any atom is 0.314 e. The fraction of sp³-hybridized carbons (Fsp3) is 0.200. The number of rotatable bonds is 4. The second-order valence-electron chi connectivity index (χ2n) is 4.64. The van der Waals surface area contributed by atoms with Crippen LogP contribution in [-0.2, 0) is 0 Å². The van der Waals surface area contributed by atoms with Gasteiger partial charge in [-0.2, -0.15) is 0 Å². The van der Waals surface area contributed by atoms with Crippen LogP contribution >= 0.6 is 0 Å². The molecule has 20 heavy (non-hydrogen) atoms. The minimum atomic E-state index is -0.430. The summed E-state index contributed by atoms with van der Waals surface area (Å²) in [5.74, 6) is 0.769. The molecule has 1 unspecified atom stereocenters. The number of nitro benzene ring substituents is 1. The molecule has 0 aliphatic heterocycles. The molecule has 5 nitrogen and oxygen atoms in total. The zero-order valence-electron chi connectivity index (χ0n) is 11.4. The second-order valence-corrected chi connectivity index (χ2v) is 4.64. The predicted molar refractivity (Wildman–Crippen MR) is 77.0 cm³/mol. The number of ether oxygens (including phenoxy) is 1. The van der Waals surface area contributed by atoms with E-state index in [-0.39, 0.29) is 17.5 Å². The van der Waals surface area contributed by atoms with E-state index in [2.05, 4.69) is 0 Å². The largest absolute Gasteiger partial charge is 0.450 e. The topological polar surface area (TPSA) is 78.4 Å². The van der Waals surface area contributed by atoms with E-state index < -0.39 is 4.92 Å². The molecular weight excluding hydrogens is 256 g/mol. The van der Waals surface area contributed by atoms with Gasteiger partial charge in [0.1, 0.15) is 5.75 Å². The molecule has 0 aromatic heterocycles. The van der Waals surface area contributed by atoms with Crippen LogP contribution in [0.4, 0.5) is 5.69 Å². The van der Waals surface area contributed by atoms with Crippen molar-refractivity contribution in [3.8, 4) is 11.5 Å². The highest BCUT2D eigenvalue weighted by Crippen LogP contribution is 2.34. The average Bonchev–Trinajstić information content (AvgIpc) is 2.38. The summed E-state index contributed by atoms with van der Waals surface area (Å²) < 4.78 is 5.65. The quantitative estimate of drug-likeness (QED) is 0.679. The third kappa shape index (κ3) is 2.95. The van der Waals surface area contributed by atoms with Crippen molar-refractivity contribution in [3.05, 3.63) is 63.7 Å². The Hall–Kier alpha value is -2.40. The van der Waals surface area contributed by atoms with Crippen LogP contribution in [0, 0.1) is 17.0 Å². The van der Waals surface area contributed by atoms with Gasteiger partial charge in [-0.05, 0) is 37.6 Å². The molecule has 0 aliphatic carbocycles. The van der Waals surface area contributed by atoms with E-state index in [1.54, 1.807) is 37.3 Å². The van der Waals surface area contributed by atoms with Gasteiger partial charge in [0.25, 0.3) is 0 Å². The van der Waals surface area contributed by atoms with Gasteiger partial charge in [0.15, 0.2) is 0 Å². The molecule has 0 aliphatic rings. The van der Waals surface area contributed by atoms with Crippen LogP contribution < -0.4 is 10.5 Å². The number of aryl methyl sites for hydroxylation is 1. The first-order valence-electron chi connectivity index (χ1n) is 6.26. The van der Waals surface area contributed by atoms with Crippen molar-refractivity contribution in [3.63, 3.8) is 0 Å². The van der Waals surface area contributed by atoms with Gasteiger partial charge in [0.2, 0.25) is 5.75 Å². The first-order chi connectivity index (χ1) is 9.49. The molecule has 104 valence electrons. The standard InChI is InChI=1S/C15H16N2O3/c1-10-5-3-8-14(15(10)17(18)19)20-13-7-4-6-12(9-13)11(2)16/h3-9,11H,16H2,1-2H3. The van der Waals surface area contributed by atoms with Crippen molar-refractivity contribution in [1.82, 2.24) is 0 Å². The number of hydrogen-bond acceptors (Lipinski definition) is 4. The predicted octanol–water partition coefficient (Wildman–Crippen LogP) is 3.72. The van der Waals surface area contributed by atoms with Crippen molar-refractivity contribution >= 4 is 5.69 Å². The van der Waals surface area contributed by atoms with Crippen LogP contribution in [0.1, 0.15) is 24.1 Å². The molecule has 0 bridgehead atoms. The summed E-state index contributed by atoms with van der Waals surface area (Å²) >= 11 is 0. The minimum absolute atomic E-state index is 0.0151. The zero-order chi connectivity index (χ0) is 14.7. The molecule has 0 spiro atoms. The Balaban J connectivity index is 2.38. The highest BCUT2D eigenvalue weighted by molar-refractivity contribution is 5.53. The Kier molecular flexibility index (Phi) is 4.00. The van der Waals surface area contributed by atoms with Crippen LogP contribution in [-0.4, -0.2) is 4.92 Å². The molecule has 0 heterocycles. The maximum atomic E-state index is 11.1. The summed E-state index contributed by atoms with van der Waals surface area (Å²) in [4.78, 5) is 10.7. The van der Waals surface area contributed by atoms with Crippen LogP contribution in [0.2, 0.25) is 0 Å². The van der Waals surface area contributed by atoms with Crippen LogP contribution in [0.15, 0.2) is 42.5 Å². The third-order valence-corrected chi connectivity index (χ3v) is 2.99. The molecule has 2 rings (SSSR count). The second kappa shape index (κ2) is 5.71. The van der Waals surface area contributed by atoms with E-state index in [9.17, 15) is 10.1 Å². The van der Waals surface area contributed by atoms with E-state index in [1.165, 1.54) is 0 Å². The molecule has 0 saturated heterocycles. The van der Waals surface area contributed by atoms with Gasteiger partial charge in [0.05, 0.1) is 4.92 Å². The first-order valence-corrected chi connectivity index (χ1v) is 6.26. The van der Waals surface area contributed by atoms with Gasteiger partial charge in [-0.3, -0.25) is 10.1 Å². The highest BCUT2D eigenvalue weighted by Gasteiger charge is 2.18. The minimum Gasteiger partial charge on any atom is -0.450 e. The van der Waals surface area contributed by atoms with Crippen LogP contribution in [0.25, 0.3) is 0 Å². The van der Waals surface area contributed by atoms with Crippen LogP contribution in [0.5, 0.6) is 11.5 Å². The Bertz CT molecular complexity index is 639. The fourth-order valence-electron chi connectivity index (χ4n) is 1.94. The monoisotopic (exact) mass is 272 g/mol. The maximum absolute atomic E-state index is 11.1. The lowest BCUT2D eigenvalue weighted by atomic mass is 10.1. The molecule has 2 aromatic carbocycles. The summed E-state index contributed by atoms with van der Waals surface area (Å²) in [5.41, 5.74) is 7.28. The fourth-order valence-corrected chi connectivity index (χ4v) is 1.94. The lowest BCUT2D eigenvalue weighted by Crippen LogP contribution is -2.04. The van der Waals surface area contributed by atoms with E-state index in [4.69, 9.17) is 10.5 Å². The third-order valence-electron chi connectivity index (χ3n) is 2.99. The zero-order valence-corrected chi connectivity index (χ0v) is 11.4. The molecule has 5 heteroatoms. The van der Waals surface area contributed by atoms with Gasteiger partial charge in [0, 0.05) is 11.6 Å². The molecule has 2 aromatic rings. The van der Waals surface area contributed by atoms with E-state index in [0.29, 0.717) is 11.3 Å². The van der Waals surface area contributed by atoms with Crippen molar-refractivity contribution in [2.45, 2.75) is 19.9 Å². The number of nitrogens with zero attached hydrogens (tertiary/aromatic N) is 1. The van der Waals surface area contributed by atoms with Crippen LogP contribution in [0.3, 0.4) is 0 Å². The Morgan fingerprint density at radius 2 is 1.95 bits per heavy atom. The van der Waals surface area contributed by atoms with Gasteiger partial charge >= 0.3 is 5.69 Å². The molecule has 0 amide bonds. The summed E-state index contributed by atoms with van der Waals surface area (Å²) in [5, 5.41) is 11.1. The average molecular weight is 272 g/mol. The summed E-state index contributed by atoms with van der Waals surface area (Å²) in [6, 6.07) is 12.1. The number of hydrogen-bond donors (Lipinski definition) is 1. The van der Waals surface area contributed by atoms with E-state index in [1.807, 2.05) is 19.1 Å². The summed E-state index contributed by atoms with van der Waals surface area (Å²) in [6.45, 7) is 3.55. The lowest BCUT2D eigenvalue weighted by molar-refractivity contribution is -0.386.